The van der Waals surface area contributed by atoms with Crippen LogP contribution >= 0.6 is 0 Å². The lowest BCUT2D eigenvalue weighted by Crippen LogP contribution is -2.38. The van der Waals surface area contributed by atoms with Crippen LogP contribution in [0.5, 0.6) is 0 Å². The lowest BCUT2D eigenvalue weighted by atomic mass is 10.1. The fourth-order valence-corrected chi connectivity index (χ4v) is 1.81. The van der Waals surface area contributed by atoms with Crippen LogP contribution in [0, 0.1) is 0 Å². The molecule has 2 heterocycles. The van der Waals surface area contributed by atoms with Gasteiger partial charge < -0.3 is 15.1 Å². The third kappa shape index (κ3) is 1.35. The van der Waals surface area contributed by atoms with Crippen LogP contribution in [-0.4, -0.2) is 5.91 Å². The van der Waals surface area contributed by atoms with Crippen LogP contribution in [-0.2, 0) is 0 Å². The molecule has 4 nitrogen and oxygen atoms in total. The molecule has 0 saturated heterocycles. The zero-order valence-corrected chi connectivity index (χ0v) is 8.44. The molecule has 0 fully saturated rings. The number of hydrogen-bond acceptors (Lipinski definition) is 3. The van der Waals surface area contributed by atoms with Crippen molar-refractivity contribution >= 4 is 11.6 Å². The van der Waals surface area contributed by atoms with Crippen LogP contribution < -0.4 is 10.6 Å². The molecule has 2 aromatic rings. The van der Waals surface area contributed by atoms with Gasteiger partial charge in [-0.1, -0.05) is 12.1 Å². The standard InChI is InChI=1S/C12H10N2O2/c15-12-8-4-1-2-5-9(8)13-11(14-12)10-6-3-7-16-10/h1-7,11,13H,(H,14,15)/t11-/m1/s1. The number of amides is 1. The van der Waals surface area contributed by atoms with Gasteiger partial charge in [-0.05, 0) is 24.3 Å². The predicted molar refractivity (Wildman–Crippen MR) is 59.0 cm³/mol. The largest absolute Gasteiger partial charge is 0.465 e. The molecule has 1 atom stereocenters. The van der Waals surface area contributed by atoms with Crippen LogP contribution in [0.4, 0.5) is 5.69 Å². The molecule has 1 aliphatic heterocycles. The number of hydrogen-bond donors (Lipinski definition) is 2. The average molecular weight is 214 g/mol. The average Bonchev–Trinajstić information content (AvgIpc) is 2.82. The van der Waals surface area contributed by atoms with Gasteiger partial charge in [-0.3, -0.25) is 4.79 Å². The summed E-state index contributed by atoms with van der Waals surface area (Å²) in [6.07, 6.45) is 1.29. The minimum atomic E-state index is -0.294. The minimum absolute atomic E-state index is 0.0873. The molecule has 2 N–H and O–H groups in total. The van der Waals surface area contributed by atoms with E-state index in [9.17, 15) is 4.79 Å². The van der Waals surface area contributed by atoms with Crippen molar-refractivity contribution in [2.45, 2.75) is 6.17 Å². The van der Waals surface area contributed by atoms with E-state index in [0.29, 0.717) is 11.3 Å². The van der Waals surface area contributed by atoms with Crippen molar-refractivity contribution in [3.63, 3.8) is 0 Å². The van der Waals surface area contributed by atoms with Gasteiger partial charge in [-0.2, -0.15) is 0 Å². The van der Waals surface area contributed by atoms with Gasteiger partial charge in [0.25, 0.3) is 5.91 Å². The highest BCUT2D eigenvalue weighted by Crippen LogP contribution is 2.26. The fraction of sp³-hybridized carbons (Fsp3) is 0.0833. The van der Waals surface area contributed by atoms with Gasteiger partial charge in [-0.25, -0.2) is 0 Å². The quantitative estimate of drug-likeness (QED) is 0.764. The summed E-state index contributed by atoms with van der Waals surface area (Å²) in [5, 5.41) is 6.04. The fourth-order valence-electron chi connectivity index (χ4n) is 1.81. The number of carbonyl (C=O) groups excluding carboxylic acids is 1. The molecule has 0 saturated carbocycles. The molecule has 1 aromatic heterocycles. The summed E-state index contributed by atoms with van der Waals surface area (Å²) >= 11 is 0. The van der Waals surface area contributed by atoms with Gasteiger partial charge in [0.2, 0.25) is 0 Å². The molecule has 4 heteroatoms. The van der Waals surface area contributed by atoms with Crippen LogP contribution in [0.2, 0.25) is 0 Å². The molecule has 0 aliphatic carbocycles. The van der Waals surface area contributed by atoms with Crippen LogP contribution in [0.15, 0.2) is 47.1 Å². The zero-order valence-electron chi connectivity index (χ0n) is 8.44. The molecule has 1 aliphatic rings. The number of furan rings is 1. The highest BCUT2D eigenvalue weighted by atomic mass is 16.3. The number of para-hydroxylation sites is 1. The Kier molecular flexibility index (Phi) is 1.93. The van der Waals surface area contributed by atoms with Crippen molar-refractivity contribution in [3.8, 4) is 0 Å². The second-order valence-corrected chi connectivity index (χ2v) is 3.61. The SMILES string of the molecule is O=C1N[C@H](c2ccco2)Nc2ccccc21. The third-order valence-corrected chi connectivity index (χ3v) is 2.57. The molecule has 1 aromatic carbocycles. The first kappa shape index (κ1) is 9.03. The highest BCUT2D eigenvalue weighted by Gasteiger charge is 2.25. The summed E-state index contributed by atoms with van der Waals surface area (Å²) in [6.45, 7) is 0. The molecule has 1 amide bonds. The Morgan fingerprint density at radius 1 is 1.06 bits per heavy atom. The summed E-state index contributed by atoms with van der Waals surface area (Å²) < 4.78 is 5.26. The number of anilines is 1. The molecule has 0 spiro atoms. The van der Waals surface area contributed by atoms with Crippen molar-refractivity contribution in [2.24, 2.45) is 0 Å². The second-order valence-electron chi connectivity index (χ2n) is 3.61. The van der Waals surface area contributed by atoms with E-state index < -0.39 is 0 Å². The van der Waals surface area contributed by atoms with Crippen LogP contribution in [0.25, 0.3) is 0 Å². The zero-order chi connectivity index (χ0) is 11.0. The van der Waals surface area contributed by atoms with Gasteiger partial charge in [0.1, 0.15) is 5.76 Å². The molecular formula is C12H10N2O2. The Morgan fingerprint density at radius 2 is 1.94 bits per heavy atom. The number of rotatable bonds is 1. The maximum absolute atomic E-state index is 11.8. The molecule has 0 radical (unpaired) electrons. The third-order valence-electron chi connectivity index (χ3n) is 2.57. The molecule has 0 unspecified atom stereocenters. The van der Waals surface area contributed by atoms with E-state index in [4.69, 9.17) is 4.42 Å². The first-order valence-electron chi connectivity index (χ1n) is 5.04. The maximum atomic E-state index is 11.8. The molecule has 16 heavy (non-hydrogen) atoms. The van der Waals surface area contributed by atoms with Gasteiger partial charge in [0.05, 0.1) is 11.8 Å². The Hall–Kier alpha value is -2.23. The summed E-state index contributed by atoms with van der Waals surface area (Å²) in [6, 6.07) is 11.0. The normalized spacial score (nSPS) is 18.5. The number of fused-ring (bicyclic) bond motifs is 1. The predicted octanol–water partition coefficient (Wildman–Crippen LogP) is 2.13. The highest BCUT2D eigenvalue weighted by molar-refractivity contribution is 6.01. The van der Waals surface area contributed by atoms with E-state index >= 15 is 0 Å². The Bertz CT molecular complexity index is 520. The monoisotopic (exact) mass is 214 g/mol. The number of carbonyl (C=O) groups is 1. The van der Waals surface area contributed by atoms with Crippen LogP contribution in [0.3, 0.4) is 0 Å². The Balaban J connectivity index is 1.98. The van der Waals surface area contributed by atoms with Crippen LogP contribution in [0.1, 0.15) is 22.3 Å². The van der Waals surface area contributed by atoms with Crippen molar-refractivity contribution in [3.05, 3.63) is 54.0 Å². The Morgan fingerprint density at radius 3 is 2.75 bits per heavy atom. The lowest BCUT2D eigenvalue weighted by molar-refractivity contribution is 0.0931. The number of nitrogens with one attached hydrogen (secondary N) is 2. The van der Waals surface area contributed by atoms with Gasteiger partial charge in [-0.15, -0.1) is 0 Å². The molecule has 0 bridgehead atoms. The van der Waals surface area contributed by atoms with Crippen molar-refractivity contribution in [1.29, 1.82) is 0 Å². The smallest absolute Gasteiger partial charge is 0.255 e. The van der Waals surface area contributed by atoms with E-state index in [1.54, 1.807) is 18.4 Å². The van der Waals surface area contributed by atoms with Gasteiger partial charge >= 0.3 is 0 Å². The lowest BCUT2D eigenvalue weighted by Gasteiger charge is -2.26. The second kappa shape index (κ2) is 3.41. The Labute approximate surface area is 92.3 Å². The topological polar surface area (TPSA) is 54.3 Å². The van der Waals surface area contributed by atoms with E-state index in [2.05, 4.69) is 10.6 Å². The molecule has 80 valence electrons. The van der Waals surface area contributed by atoms with E-state index in [-0.39, 0.29) is 12.1 Å². The van der Waals surface area contributed by atoms with Gasteiger partial charge in [0, 0.05) is 5.69 Å². The summed E-state index contributed by atoms with van der Waals surface area (Å²) in [7, 11) is 0. The van der Waals surface area contributed by atoms with Gasteiger partial charge in [0.15, 0.2) is 6.17 Å². The van der Waals surface area contributed by atoms with Crippen molar-refractivity contribution in [1.82, 2.24) is 5.32 Å². The summed E-state index contributed by atoms with van der Waals surface area (Å²) in [5.74, 6) is 0.610. The summed E-state index contributed by atoms with van der Waals surface area (Å²) in [4.78, 5) is 11.8. The maximum Gasteiger partial charge on any atom is 0.255 e. The van der Waals surface area contributed by atoms with E-state index in [1.165, 1.54) is 0 Å². The summed E-state index contributed by atoms with van der Waals surface area (Å²) in [5.41, 5.74) is 1.48. The first-order chi connectivity index (χ1) is 7.84. The van der Waals surface area contributed by atoms with E-state index in [1.807, 2.05) is 24.3 Å². The van der Waals surface area contributed by atoms with Crippen molar-refractivity contribution in [2.75, 3.05) is 5.32 Å². The minimum Gasteiger partial charge on any atom is -0.465 e. The van der Waals surface area contributed by atoms with Crippen molar-refractivity contribution < 1.29 is 9.21 Å². The molecular weight excluding hydrogens is 204 g/mol. The first-order valence-corrected chi connectivity index (χ1v) is 5.04. The van der Waals surface area contributed by atoms with E-state index in [0.717, 1.165) is 5.69 Å². The number of benzene rings is 1. The molecule has 3 rings (SSSR count).